The van der Waals surface area contributed by atoms with Crippen LogP contribution in [-0.2, 0) is 11.2 Å². The van der Waals surface area contributed by atoms with Crippen LogP contribution in [0, 0.1) is 51.5 Å². The molecule has 0 bridgehead atoms. The van der Waals surface area contributed by atoms with Crippen LogP contribution in [0.5, 0.6) is 0 Å². The molecule has 1 aliphatic heterocycles. The molecule has 0 fully saturated rings. The van der Waals surface area contributed by atoms with Crippen molar-refractivity contribution in [2.24, 2.45) is 4.99 Å². The first-order valence-electron chi connectivity index (χ1n) is 24.9. The number of nitro benzene ring substituents is 2. The van der Waals surface area contributed by atoms with Crippen molar-refractivity contribution in [2.45, 2.75) is 59.1 Å². The maximum absolute atomic E-state index is 13.5. The highest BCUT2D eigenvalue weighted by Crippen LogP contribution is 2.44. The first-order valence-corrected chi connectivity index (χ1v) is 27.5. The van der Waals surface area contributed by atoms with Gasteiger partial charge < -0.3 is 38.1 Å². The van der Waals surface area contributed by atoms with Gasteiger partial charge in [0.2, 0.25) is 0 Å². The number of aliphatic carboxylic acids is 1. The zero-order valence-electron chi connectivity index (χ0n) is 46.2. The van der Waals surface area contributed by atoms with Crippen LogP contribution < -0.4 is 28.4 Å². The van der Waals surface area contributed by atoms with Crippen molar-refractivity contribution >= 4 is 133 Å². The zero-order valence-corrected chi connectivity index (χ0v) is 51.4. The van der Waals surface area contributed by atoms with E-state index in [-0.39, 0.29) is 33.5 Å². The van der Waals surface area contributed by atoms with Crippen LogP contribution in [0.1, 0.15) is 34.7 Å². The average molecular weight is 1400 g/mol. The van der Waals surface area contributed by atoms with E-state index >= 15 is 0 Å². The number of rotatable bonds is 8. The van der Waals surface area contributed by atoms with Gasteiger partial charge in [0.1, 0.15) is 17.1 Å². The fourth-order valence-corrected chi connectivity index (χ4v) is 8.67. The highest BCUT2D eigenvalue weighted by Gasteiger charge is 2.61. The number of carboxylic acids is 1. The smallest absolute Gasteiger partial charge is 0.477 e. The monoisotopic (exact) mass is 1400 g/mol. The van der Waals surface area contributed by atoms with E-state index in [4.69, 9.17) is 84.5 Å². The average Bonchev–Trinajstić information content (AvgIpc) is 1.81. The van der Waals surface area contributed by atoms with Crippen molar-refractivity contribution < 1.29 is 60.5 Å². The molecule has 0 atom stereocenters. The maximum Gasteiger partial charge on any atom is 0.488 e. The number of halogens is 12. The van der Waals surface area contributed by atoms with Crippen LogP contribution in [0.25, 0.3) is 33.4 Å². The van der Waals surface area contributed by atoms with Crippen molar-refractivity contribution in [2.75, 3.05) is 22.9 Å². The number of nitro groups is 2. The van der Waals surface area contributed by atoms with Crippen LogP contribution in [-0.4, -0.2) is 61.8 Å². The Kier molecular flexibility index (Phi) is 25.4. The summed E-state index contributed by atoms with van der Waals surface area (Å²) in [5.74, 6) is -10.6. The Labute approximate surface area is 528 Å². The van der Waals surface area contributed by atoms with Gasteiger partial charge in [0.05, 0.1) is 47.0 Å². The Morgan fingerprint density at radius 2 is 0.885 bits per heavy atom. The second-order valence-corrected chi connectivity index (χ2v) is 21.8. The second-order valence-electron chi connectivity index (χ2n) is 19.0. The third-order valence-corrected chi connectivity index (χ3v) is 14.6. The number of nitrogens with zero attached hydrogens (tertiary/aromatic N) is 3. The predicted molar refractivity (Wildman–Crippen MR) is 341 cm³/mol. The van der Waals surface area contributed by atoms with E-state index < -0.39 is 53.1 Å². The van der Waals surface area contributed by atoms with E-state index in [1.165, 1.54) is 42.0 Å². The zero-order chi connectivity index (χ0) is 65.6. The maximum atomic E-state index is 13.5. The lowest BCUT2D eigenvalue weighted by molar-refractivity contribution is -0.384. The number of carboxylic acid groups (broad SMARTS) is 1. The minimum absolute atomic E-state index is 0.0507. The molecule has 0 unspecified atom stereocenters. The Morgan fingerprint density at radius 1 is 0.552 bits per heavy atom. The van der Waals surface area contributed by atoms with Crippen LogP contribution >= 0.6 is 69.0 Å². The summed E-state index contributed by atoms with van der Waals surface area (Å²) in [5.41, 5.74) is 32.2. The molecule has 0 aliphatic carbocycles. The van der Waals surface area contributed by atoms with Crippen LogP contribution in [0.4, 0.5) is 70.5 Å². The number of nitrogens with two attached hydrogens (primary N) is 4. The molecule has 0 spiro atoms. The molecule has 0 aromatic heterocycles. The summed E-state index contributed by atoms with van der Waals surface area (Å²) in [6, 6.07) is 42.0. The van der Waals surface area contributed by atoms with Crippen molar-refractivity contribution in [3.8, 4) is 33.4 Å². The summed E-state index contributed by atoms with van der Waals surface area (Å²) >= 11 is 26.0. The van der Waals surface area contributed by atoms with Gasteiger partial charge >= 0.3 is 31.1 Å². The van der Waals surface area contributed by atoms with Crippen molar-refractivity contribution in [1.29, 1.82) is 0 Å². The largest absolute Gasteiger partial charge is 0.488 e. The van der Waals surface area contributed by atoms with E-state index in [0.717, 1.165) is 38.9 Å². The van der Waals surface area contributed by atoms with Crippen molar-refractivity contribution in [3.05, 3.63) is 217 Å². The second kappa shape index (κ2) is 30.8. The number of anilines is 4. The summed E-state index contributed by atoms with van der Waals surface area (Å²) in [6.45, 7) is 8.20. The highest BCUT2D eigenvalue weighted by molar-refractivity contribution is 14.1. The molecule has 0 saturated carbocycles. The minimum Gasteiger partial charge on any atom is -0.477 e. The lowest BCUT2D eigenvalue weighted by Gasteiger charge is -2.19. The molecule has 0 amide bonds. The number of hydrogen-bond acceptors (Lipinski definition) is 12. The van der Waals surface area contributed by atoms with Gasteiger partial charge in [-0.3, -0.25) is 25.2 Å². The summed E-state index contributed by atoms with van der Waals surface area (Å²) in [5, 5.41) is 47.8. The molecule has 28 heteroatoms. The quantitative estimate of drug-likeness (QED) is 0.0187. The number of carbonyl (C=O) groups is 1. The Morgan fingerprint density at radius 3 is 1.26 bits per heavy atom. The van der Waals surface area contributed by atoms with E-state index in [0.29, 0.717) is 59.1 Å². The van der Waals surface area contributed by atoms with Gasteiger partial charge in [-0.15, -0.1) is 0 Å². The van der Waals surface area contributed by atoms with Crippen LogP contribution in [0.15, 0.2) is 151 Å². The number of fused-ring (bicyclic) bond motifs is 1. The SMILES string of the molecule is CC(F)(F)C(=O)O.Cc1ccc(-c2cc(N)c(N)cc2Cl)cc1.Cc1ccc(-c2cc([N+](=O)[O-])c(N)cc2Cl)cc1.Cc1ccc(-c2cc3c(cc2Cl)N=C(C(F)(F)C(F)(F)F)C3)cc1.Cc1ccc(B(O)O)cc1.Nc1cc(Cl)c(I)cc1[N+](=O)[O-]. The van der Waals surface area contributed by atoms with Crippen molar-refractivity contribution in [1.82, 2.24) is 0 Å². The predicted octanol–water partition coefficient (Wildman–Crippen LogP) is 16.3. The van der Waals surface area contributed by atoms with Crippen LogP contribution in [0.2, 0.25) is 20.1 Å². The Bertz CT molecular complexity index is 3790. The molecular weight excluding hydrogens is 1350 g/mol. The third-order valence-electron chi connectivity index (χ3n) is 12.1. The van der Waals surface area contributed by atoms with E-state index in [1.54, 1.807) is 18.2 Å². The topological polar surface area (TPSA) is 280 Å². The first kappa shape index (κ1) is 71.8. The van der Waals surface area contributed by atoms with Gasteiger partial charge in [-0.2, -0.15) is 30.7 Å². The molecule has 87 heavy (non-hydrogen) atoms. The number of aryl methyl sites for hydroxylation is 4. The normalized spacial score (nSPS) is 11.4. The van der Waals surface area contributed by atoms with E-state index in [9.17, 15) is 55.8 Å². The molecular formula is C59H52BCl4F7IN7O8. The number of alkyl halides is 7. The molecule has 9 rings (SSSR count). The third kappa shape index (κ3) is 20.4. The minimum atomic E-state index is -5.67. The van der Waals surface area contributed by atoms with Gasteiger partial charge in [-0.05, 0) is 114 Å². The van der Waals surface area contributed by atoms with Gasteiger partial charge in [0.15, 0.2) is 0 Å². The molecule has 1 heterocycles. The van der Waals surface area contributed by atoms with Gasteiger partial charge in [0, 0.05) is 45.7 Å². The lowest BCUT2D eigenvalue weighted by atomic mass is 9.80. The fraction of sp³-hybridized carbons (Fsp3) is 0.153. The number of nitrogen functional groups attached to an aromatic ring is 4. The van der Waals surface area contributed by atoms with Gasteiger partial charge in [0.25, 0.3) is 11.4 Å². The molecule has 15 nitrogen and oxygen atoms in total. The summed E-state index contributed by atoms with van der Waals surface area (Å²) < 4.78 is 87.6. The van der Waals surface area contributed by atoms with Gasteiger partial charge in [-0.1, -0.05) is 166 Å². The van der Waals surface area contributed by atoms with Crippen molar-refractivity contribution in [3.63, 3.8) is 0 Å². The molecule has 11 N–H and O–H groups in total. The Balaban J connectivity index is 0.000000233. The Hall–Kier alpha value is -7.72. The first-order chi connectivity index (χ1) is 40.3. The van der Waals surface area contributed by atoms with Gasteiger partial charge in [-0.25, -0.2) is 4.79 Å². The highest BCUT2D eigenvalue weighted by atomic mass is 127. The standard InChI is InChI=1S/C17H11ClF5N.C13H11ClN2O2.C13H13ClN2.C7H9BO2.C6H4ClIN2O2.C3H4F2O2/c1-9-2-4-10(5-3-9)12-6-11-7-15(16(19,20)17(21,22)23)24-14(11)8-13(12)18;1-8-2-4-9(5-3-8)10-6-13(16(17)18)12(15)7-11(10)14;1-8-2-4-9(5-3-8)10-6-12(15)13(16)7-11(10)14;1-6-2-4-7(5-3-6)8(9)10;7-3-1-5(9)6(10(11)12)2-4(3)8;1-3(4,5)2(6)7/h2-6,8H,7H2,1H3;2-7H,15H2,1H3;2-7H,15-16H2,1H3;2-5,9-10H,1H3;1-2H,9H2;1H3,(H,6,7). The number of hydrogen-bond donors (Lipinski definition) is 7. The molecule has 1 aliphatic rings. The molecule has 0 radical (unpaired) electrons. The molecule has 8 aromatic carbocycles. The fourth-order valence-electron chi connectivity index (χ4n) is 7.22. The molecule has 0 saturated heterocycles. The summed E-state index contributed by atoms with van der Waals surface area (Å²) in [4.78, 5) is 32.9. The van der Waals surface area contributed by atoms with E-state index in [2.05, 4.69) is 4.99 Å². The summed E-state index contributed by atoms with van der Waals surface area (Å²) in [7, 11) is -1.35. The number of aliphatic imine (C=N–C) groups is 1. The number of benzene rings is 8. The molecule has 8 aromatic rings. The molecule has 458 valence electrons. The van der Waals surface area contributed by atoms with Crippen LogP contribution in [0.3, 0.4) is 0 Å². The summed E-state index contributed by atoms with van der Waals surface area (Å²) in [6.07, 6.45) is -6.23. The lowest BCUT2D eigenvalue weighted by Crippen LogP contribution is -2.44. The van der Waals surface area contributed by atoms with E-state index in [1.807, 2.05) is 141 Å².